The number of hydrazine groups is 1. The Morgan fingerprint density at radius 2 is 1.95 bits per heavy atom. The Bertz CT molecular complexity index is 697. The number of halogens is 1. The van der Waals surface area contributed by atoms with Gasteiger partial charge in [-0.15, -0.1) is 0 Å². The predicted octanol–water partition coefficient (Wildman–Crippen LogP) is 2.18. The SMILES string of the molecule is Cc1cc(C(=O)NNC(=O)NCc2cccc(F)c2)c(C)o1. The molecule has 0 radical (unpaired) electrons. The van der Waals surface area contributed by atoms with E-state index in [9.17, 15) is 14.0 Å². The third kappa shape index (κ3) is 4.08. The van der Waals surface area contributed by atoms with Crippen molar-refractivity contribution in [1.82, 2.24) is 16.2 Å². The molecule has 0 aliphatic carbocycles. The number of carbonyl (C=O) groups excluding carboxylic acids is 2. The zero-order valence-electron chi connectivity index (χ0n) is 12.2. The van der Waals surface area contributed by atoms with Crippen molar-refractivity contribution in [3.63, 3.8) is 0 Å². The van der Waals surface area contributed by atoms with Crippen LogP contribution < -0.4 is 16.2 Å². The first-order valence-electron chi connectivity index (χ1n) is 6.61. The number of urea groups is 1. The number of rotatable bonds is 3. The molecule has 1 heterocycles. The van der Waals surface area contributed by atoms with Crippen LogP contribution in [0.1, 0.15) is 27.4 Å². The van der Waals surface area contributed by atoms with E-state index in [-0.39, 0.29) is 12.4 Å². The van der Waals surface area contributed by atoms with Crippen LogP contribution in [0.2, 0.25) is 0 Å². The summed E-state index contributed by atoms with van der Waals surface area (Å²) < 4.78 is 18.2. The lowest BCUT2D eigenvalue weighted by Gasteiger charge is -2.08. The molecule has 0 saturated heterocycles. The lowest BCUT2D eigenvalue weighted by atomic mass is 10.2. The fourth-order valence-electron chi connectivity index (χ4n) is 1.91. The van der Waals surface area contributed by atoms with Gasteiger partial charge >= 0.3 is 6.03 Å². The lowest BCUT2D eigenvalue weighted by Crippen LogP contribution is -2.46. The Kier molecular flexibility index (Phi) is 4.77. The Morgan fingerprint density at radius 1 is 1.18 bits per heavy atom. The normalized spacial score (nSPS) is 10.1. The van der Waals surface area contributed by atoms with Gasteiger partial charge in [0.1, 0.15) is 17.3 Å². The van der Waals surface area contributed by atoms with Crippen LogP contribution in [0.4, 0.5) is 9.18 Å². The highest BCUT2D eigenvalue weighted by molar-refractivity contribution is 5.96. The summed E-state index contributed by atoms with van der Waals surface area (Å²) in [5.74, 6) is 0.226. The van der Waals surface area contributed by atoms with Crippen LogP contribution >= 0.6 is 0 Å². The Morgan fingerprint density at radius 3 is 2.59 bits per heavy atom. The minimum atomic E-state index is -0.601. The van der Waals surface area contributed by atoms with Gasteiger partial charge in [0.05, 0.1) is 5.56 Å². The van der Waals surface area contributed by atoms with Crippen LogP contribution in [0.5, 0.6) is 0 Å². The van der Waals surface area contributed by atoms with Crippen molar-refractivity contribution in [2.45, 2.75) is 20.4 Å². The van der Waals surface area contributed by atoms with E-state index in [1.165, 1.54) is 12.1 Å². The van der Waals surface area contributed by atoms with Gasteiger partial charge in [0.15, 0.2) is 0 Å². The fraction of sp³-hybridized carbons (Fsp3) is 0.200. The van der Waals surface area contributed by atoms with Gasteiger partial charge in [-0.2, -0.15) is 0 Å². The van der Waals surface area contributed by atoms with Gasteiger partial charge in [-0.3, -0.25) is 10.2 Å². The number of nitrogens with one attached hydrogen (secondary N) is 3. The molecule has 0 fully saturated rings. The van der Waals surface area contributed by atoms with Gasteiger partial charge in [-0.05, 0) is 37.6 Å². The number of amides is 3. The molecule has 0 bridgehead atoms. The molecule has 2 rings (SSSR count). The number of aryl methyl sites for hydroxylation is 2. The van der Waals surface area contributed by atoms with Crippen LogP contribution in [-0.4, -0.2) is 11.9 Å². The second-order valence-electron chi connectivity index (χ2n) is 4.72. The number of carbonyl (C=O) groups is 2. The topological polar surface area (TPSA) is 83.4 Å². The molecule has 116 valence electrons. The Hall–Kier alpha value is -2.83. The van der Waals surface area contributed by atoms with Crippen molar-refractivity contribution in [2.24, 2.45) is 0 Å². The van der Waals surface area contributed by atoms with Crippen molar-refractivity contribution in [3.8, 4) is 0 Å². The van der Waals surface area contributed by atoms with E-state index in [1.54, 1.807) is 32.0 Å². The first kappa shape index (κ1) is 15.6. The number of hydrogen-bond acceptors (Lipinski definition) is 3. The zero-order chi connectivity index (χ0) is 16.1. The van der Waals surface area contributed by atoms with Crippen molar-refractivity contribution >= 4 is 11.9 Å². The van der Waals surface area contributed by atoms with Crippen LogP contribution in [0.15, 0.2) is 34.7 Å². The minimum Gasteiger partial charge on any atom is -0.466 e. The van der Waals surface area contributed by atoms with Gasteiger partial charge in [-0.1, -0.05) is 12.1 Å². The zero-order valence-corrected chi connectivity index (χ0v) is 12.2. The molecule has 0 unspecified atom stereocenters. The molecule has 6 nitrogen and oxygen atoms in total. The third-order valence-electron chi connectivity index (χ3n) is 2.92. The Labute approximate surface area is 126 Å². The second kappa shape index (κ2) is 6.75. The van der Waals surface area contributed by atoms with Gasteiger partial charge in [0.2, 0.25) is 0 Å². The molecule has 1 aromatic carbocycles. The maximum Gasteiger partial charge on any atom is 0.333 e. The summed E-state index contributed by atoms with van der Waals surface area (Å²) in [4.78, 5) is 23.4. The van der Waals surface area contributed by atoms with Gasteiger partial charge in [0, 0.05) is 6.54 Å². The standard InChI is InChI=1S/C15H16FN3O3/c1-9-6-13(10(2)22-9)14(20)18-19-15(21)17-8-11-4-3-5-12(16)7-11/h3-7H,8H2,1-2H3,(H,18,20)(H2,17,19,21). The van der Waals surface area contributed by atoms with Crippen molar-refractivity contribution in [1.29, 1.82) is 0 Å². The summed E-state index contributed by atoms with van der Waals surface area (Å²) in [6.45, 7) is 3.53. The molecular weight excluding hydrogens is 289 g/mol. The molecule has 7 heteroatoms. The summed E-state index contributed by atoms with van der Waals surface area (Å²) >= 11 is 0. The van der Waals surface area contributed by atoms with E-state index in [0.29, 0.717) is 22.6 Å². The smallest absolute Gasteiger partial charge is 0.333 e. The largest absolute Gasteiger partial charge is 0.466 e. The average Bonchev–Trinajstić information content (AvgIpc) is 2.81. The first-order chi connectivity index (χ1) is 10.5. The quantitative estimate of drug-likeness (QED) is 0.760. The highest BCUT2D eigenvalue weighted by Crippen LogP contribution is 2.12. The van der Waals surface area contributed by atoms with Crippen LogP contribution in [0, 0.1) is 19.7 Å². The molecule has 0 aliphatic rings. The third-order valence-corrected chi connectivity index (χ3v) is 2.92. The van der Waals surface area contributed by atoms with Gasteiger partial charge in [0.25, 0.3) is 5.91 Å². The van der Waals surface area contributed by atoms with Crippen LogP contribution in [0.3, 0.4) is 0 Å². The maximum absolute atomic E-state index is 13.0. The van der Waals surface area contributed by atoms with E-state index in [1.807, 2.05) is 0 Å². The van der Waals surface area contributed by atoms with Crippen molar-refractivity contribution in [3.05, 3.63) is 58.8 Å². The number of furan rings is 1. The van der Waals surface area contributed by atoms with E-state index in [2.05, 4.69) is 16.2 Å². The van der Waals surface area contributed by atoms with Crippen LogP contribution in [-0.2, 0) is 6.54 Å². The summed E-state index contributed by atoms with van der Waals surface area (Å²) in [6, 6.07) is 6.85. The van der Waals surface area contributed by atoms with Crippen molar-refractivity contribution < 1.29 is 18.4 Å². The molecular formula is C15H16FN3O3. The molecule has 3 amide bonds. The first-order valence-corrected chi connectivity index (χ1v) is 6.61. The average molecular weight is 305 g/mol. The lowest BCUT2D eigenvalue weighted by molar-refractivity contribution is 0.0934. The molecule has 0 atom stereocenters. The van der Waals surface area contributed by atoms with E-state index >= 15 is 0 Å². The van der Waals surface area contributed by atoms with E-state index in [4.69, 9.17) is 4.42 Å². The molecule has 22 heavy (non-hydrogen) atoms. The monoisotopic (exact) mass is 305 g/mol. The molecule has 0 aliphatic heterocycles. The minimum absolute atomic E-state index is 0.142. The Balaban J connectivity index is 1.80. The van der Waals surface area contributed by atoms with E-state index in [0.717, 1.165) is 0 Å². The highest BCUT2D eigenvalue weighted by atomic mass is 19.1. The molecule has 2 aromatic rings. The summed E-state index contributed by atoms with van der Waals surface area (Å²) in [5.41, 5.74) is 5.45. The molecule has 1 aromatic heterocycles. The van der Waals surface area contributed by atoms with Gasteiger partial charge in [-0.25, -0.2) is 14.6 Å². The van der Waals surface area contributed by atoms with Crippen LogP contribution in [0.25, 0.3) is 0 Å². The molecule has 0 saturated carbocycles. The molecule has 3 N–H and O–H groups in total. The summed E-state index contributed by atoms with van der Waals surface area (Å²) in [7, 11) is 0. The maximum atomic E-state index is 13.0. The number of hydrogen-bond donors (Lipinski definition) is 3. The summed E-state index contributed by atoms with van der Waals surface area (Å²) in [6.07, 6.45) is 0. The predicted molar refractivity (Wildman–Crippen MR) is 77.4 cm³/mol. The van der Waals surface area contributed by atoms with Crippen molar-refractivity contribution in [2.75, 3.05) is 0 Å². The number of benzene rings is 1. The fourth-order valence-corrected chi connectivity index (χ4v) is 1.91. The van der Waals surface area contributed by atoms with Gasteiger partial charge < -0.3 is 9.73 Å². The second-order valence-corrected chi connectivity index (χ2v) is 4.72. The summed E-state index contributed by atoms with van der Waals surface area (Å²) in [5, 5.41) is 2.50. The molecule has 0 spiro atoms. The van der Waals surface area contributed by atoms with E-state index < -0.39 is 11.9 Å². The highest BCUT2D eigenvalue weighted by Gasteiger charge is 2.13.